The standard InChI is InChI=1S/C61H47N/c1-59(2)51-28-14-11-25-46(51)48-35-33-41(38-55(48)59)40-19-17-24-44(37-40)62(45-34-36-49-47-26-12-15-29-52(47)60(3,4)56(49)39-45)57-32-18-31-54-58(57)50-27-13-16-30-53(50)61(54,42-20-7-5-8-21-42)43-22-9-6-10-23-43/h5-39H,1-4H3. The smallest absolute Gasteiger partial charge is 0.0714 e. The Morgan fingerprint density at radius 1 is 0.306 bits per heavy atom. The van der Waals surface area contributed by atoms with Gasteiger partial charge in [-0.15, -0.1) is 0 Å². The third-order valence-electron chi connectivity index (χ3n) is 14.5. The molecular weight excluding hydrogens is 747 g/mol. The van der Waals surface area contributed by atoms with Crippen molar-refractivity contribution in [3.05, 3.63) is 257 Å². The first-order valence-corrected chi connectivity index (χ1v) is 22.0. The van der Waals surface area contributed by atoms with Gasteiger partial charge in [0.15, 0.2) is 0 Å². The molecule has 0 aliphatic heterocycles. The van der Waals surface area contributed by atoms with Crippen molar-refractivity contribution in [1.82, 2.24) is 0 Å². The van der Waals surface area contributed by atoms with Crippen LogP contribution in [0.3, 0.4) is 0 Å². The van der Waals surface area contributed by atoms with Crippen LogP contribution in [0, 0.1) is 0 Å². The molecule has 0 spiro atoms. The molecule has 0 fully saturated rings. The minimum atomic E-state index is -0.506. The highest BCUT2D eigenvalue weighted by Crippen LogP contribution is 2.60. The molecule has 0 heterocycles. The van der Waals surface area contributed by atoms with Crippen LogP contribution in [0.2, 0.25) is 0 Å². The van der Waals surface area contributed by atoms with Gasteiger partial charge >= 0.3 is 0 Å². The van der Waals surface area contributed by atoms with Gasteiger partial charge in [-0.25, -0.2) is 0 Å². The molecule has 0 saturated carbocycles. The highest BCUT2D eigenvalue weighted by Gasteiger charge is 2.47. The van der Waals surface area contributed by atoms with E-state index in [1.807, 2.05) is 0 Å². The molecule has 0 radical (unpaired) electrons. The summed E-state index contributed by atoms with van der Waals surface area (Å²) in [4.78, 5) is 2.54. The van der Waals surface area contributed by atoms with Crippen molar-refractivity contribution in [2.24, 2.45) is 0 Å². The first-order valence-electron chi connectivity index (χ1n) is 22.0. The SMILES string of the molecule is CC1(C)c2ccccc2-c2ccc(-c3cccc(N(c4ccc5c(c4)C(C)(C)c4ccccc4-5)c4cccc5c4-c4ccccc4C5(c4ccccc4)c4ccccc4)c3)cc21. The second-order valence-electron chi connectivity index (χ2n) is 18.4. The molecule has 12 rings (SSSR count). The highest BCUT2D eigenvalue weighted by molar-refractivity contribution is 5.98. The van der Waals surface area contributed by atoms with E-state index in [9.17, 15) is 0 Å². The number of nitrogens with zero attached hydrogens (tertiary/aromatic N) is 1. The van der Waals surface area contributed by atoms with E-state index in [4.69, 9.17) is 0 Å². The minimum absolute atomic E-state index is 0.0810. The summed E-state index contributed by atoms with van der Waals surface area (Å²) in [6.07, 6.45) is 0. The molecule has 3 aliphatic rings. The van der Waals surface area contributed by atoms with E-state index in [1.54, 1.807) is 0 Å². The van der Waals surface area contributed by atoms with Gasteiger partial charge < -0.3 is 4.90 Å². The van der Waals surface area contributed by atoms with Crippen LogP contribution in [0.15, 0.2) is 212 Å². The van der Waals surface area contributed by atoms with Crippen LogP contribution < -0.4 is 4.90 Å². The molecule has 0 aromatic heterocycles. The fourth-order valence-electron chi connectivity index (χ4n) is 11.6. The van der Waals surface area contributed by atoms with Crippen LogP contribution >= 0.6 is 0 Å². The first-order chi connectivity index (χ1) is 30.3. The molecule has 1 heteroatoms. The average Bonchev–Trinajstić information content (AvgIpc) is 3.85. The molecule has 0 bridgehead atoms. The largest absolute Gasteiger partial charge is 0.310 e. The summed E-state index contributed by atoms with van der Waals surface area (Å²) >= 11 is 0. The van der Waals surface area contributed by atoms with E-state index in [0.29, 0.717) is 0 Å². The molecule has 0 N–H and O–H groups in total. The number of benzene rings is 9. The van der Waals surface area contributed by atoms with Crippen LogP contribution in [0.1, 0.15) is 72.2 Å². The van der Waals surface area contributed by atoms with E-state index >= 15 is 0 Å². The summed E-state index contributed by atoms with van der Waals surface area (Å²) in [5.41, 5.74) is 23.7. The van der Waals surface area contributed by atoms with Crippen LogP contribution in [0.25, 0.3) is 44.5 Å². The maximum Gasteiger partial charge on any atom is 0.0714 e. The Morgan fingerprint density at radius 3 is 1.42 bits per heavy atom. The second kappa shape index (κ2) is 13.4. The Balaban J connectivity index is 1.11. The van der Waals surface area contributed by atoms with Gasteiger partial charge in [0.1, 0.15) is 0 Å². The van der Waals surface area contributed by atoms with Crippen molar-refractivity contribution < 1.29 is 0 Å². The zero-order chi connectivity index (χ0) is 41.8. The lowest BCUT2D eigenvalue weighted by atomic mass is 9.68. The first kappa shape index (κ1) is 36.6. The van der Waals surface area contributed by atoms with Crippen molar-refractivity contribution in [2.45, 2.75) is 43.9 Å². The average molecular weight is 794 g/mol. The van der Waals surface area contributed by atoms with Gasteiger partial charge in [0.05, 0.1) is 11.1 Å². The van der Waals surface area contributed by atoms with Gasteiger partial charge in [0.25, 0.3) is 0 Å². The summed E-state index contributed by atoms with van der Waals surface area (Å²) in [6, 6.07) is 79.7. The fraction of sp³-hybridized carbons (Fsp3) is 0.115. The molecular formula is C61H47N. The summed E-state index contributed by atoms with van der Waals surface area (Å²) in [5, 5.41) is 0. The maximum absolute atomic E-state index is 2.54. The Kier molecular flexibility index (Phi) is 7.91. The molecule has 1 nitrogen and oxygen atoms in total. The van der Waals surface area contributed by atoms with Crippen molar-refractivity contribution in [3.8, 4) is 44.5 Å². The third-order valence-corrected chi connectivity index (χ3v) is 14.5. The van der Waals surface area contributed by atoms with Crippen LogP contribution in [-0.2, 0) is 16.2 Å². The van der Waals surface area contributed by atoms with Crippen LogP contribution in [0.5, 0.6) is 0 Å². The maximum atomic E-state index is 2.54. The summed E-state index contributed by atoms with van der Waals surface area (Å²) < 4.78 is 0. The van der Waals surface area contributed by atoms with Crippen molar-refractivity contribution >= 4 is 17.1 Å². The number of anilines is 3. The van der Waals surface area contributed by atoms with E-state index in [1.165, 1.54) is 94.7 Å². The van der Waals surface area contributed by atoms with Gasteiger partial charge in [-0.1, -0.05) is 204 Å². The molecule has 296 valence electrons. The number of fused-ring (bicyclic) bond motifs is 9. The number of hydrogen-bond donors (Lipinski definition) is 0. The Hall–Kier alpha value is -7.22. The molecule has 0 unspecified atom stereocenters. The highest BCUT2D eigenvalue weighted by atomic mass is 15.1. The molecule has 0 saturated heterocycles. The lowest BCUT2D eigenvalue weighted by Crippen LogP contribution is -2.28. The Labute approximate surface area is 365 Å². The van der Waals surface area contributed by atoms with Crippen molar-refractivity contribution in [3.63, 3.8) is 0 Å². The monoisotopic (exact) mass is 793 g/mol. The van der Waals surface area contributed by atoms with Gasteiger partial charge in [-0.2, -0.15) is 0 Å². The summed E-state index contributed by atoms with van der Waals surface area (Å²) in [7, 11) is 0. The predicted octanol–water partition coefficient (Wildman–Crippen LogP) is 15.8. The van der Waals surface area contributed by atoms with E-state index in [2.05, 4.69) is 245 Å². The van der Waals surface area contributed by atoms with E-state index in [0.717, 1.165) is 11.4 Å². The van der Waals surface area contributed by atoms with Crippen LogP contribution in [-0.4, -0.2) is 0 Å². The fourth-order valence-corrected chi connectivity index (χ4v) is 11.6. The van der Waals surface area contributed by atoms with Crippen molar-refractivity contribution in [1.29, 1.82) is 0 Å². The normalized spacial score (nSPS) is 15.2. The van der Waals surface area contributed by atoms with E-state index < -0.39 is 5.41 Å². The number of rotatable bonds is 6. The molecule has 0 amide bonds. The summed E-state index contributed by atoms with van der Waals surface area (Å²) in [5.74, 6) is 0. The number of hydrogen-bond acceptors (Lipinski definition) is 1. The van der Waals surface area contributed by atoms with Gasteiger partial charge in [0.2, 0.25) is 0 Å². The molecule has 9 aromatic rings. The molecule has 3 aliphatic carbocycles. The van der Waals surface area contributed by atoms with Gasteiger partial charge in [-0.3, -0.25) is 0 Å². The Bertz CT molecular complexity index is 3200. The lowest BCUT2D eigenvalue weighted by molar-refractivity contribution is 0.660. The third kappa shape index (κ3) is 5.03. The minimum Gasteiger partial charge on any atom is -0.310 e. The Morgan fingerprint density at radius 2 is 0.774 bits per heavy atom. The quantitative estimate of drug-likeness (QED) is 0.162. The van der Waals surface area contributed by atoms with Crippen molar-refractivity contribution in [2.75, 3.05) is 4.90 Å². The lowest BCUT2D eigenvalue weighted by Gasteiger charge is -2.34. The van der Waals surface area contributed by atoms with Crippen LogP contribution in [0.4, 0.5) is 17.1 Å². The zero-order valence-electron chi connectivity index (χ0n) is 35.7. The zero-order valence-corrected chi connectivity index (χ0v) is 35.7. The van der Waals surface area contributed by atoms with Gasteiger partial charge in [-0.05, 0) is 120 Å². The summed E-state index contributed by atoms with van der Waals surface area (Å²) in [6.45, 7) is 9.49. The second-order valence-corrected chi connectivity index (χ2v) is 18.4. The molecule has 0 atom stereocenters. The molecule has 62 heavy (non-hydrogen) atoms. The van der Waals surface area contributed by atoms with Gasteiger partial charge in [0, 0.05) is 27.8 Å². The molecule has 9 aromatic carbocycles. The predicted molar refractivity (Wildman–Crippen MR) is 259 cm³/mol. The van der Waals surface area contributed by atoms with E-state index in [-0.39, 0.29) is 10.8 Å². The topological polar surface area (TPSA) is 3.24 Å².